The van der Waals surface area contributed by atoms with Crippen LogP contribution in [-0.2, 0) is 4.74 Å². The first-order valence-corrected chi connectivity index (χ1v) is 6.12. The third-order valence-electron chi connectivity index (χ3n) is 3.45. The van der Waals surface area contributed by atoms with Crippen molar-refractivity contribution in [2.45, 2.75) is 39.4 Å². The Bertz CT molecular complexity index is 206. The van der Waals surface area contributed by atoms with Gasteiger partial charge in [0.25, 0.3) is 0 Å². The quantitative estimate of drug-likeness (QED) is 0.722. The van der Waals surface area contributed by atoms with Gasteiger partial charge in [0.2, 0.25) is 0 Å². The molecule has 1 saturated heterocycles. The molecule has 0 saturated carbocycles. The van der Waals surface area contributed by atoms with Gasteiger partial charge in [-0.15, -0.1) is 0 Å². The van der Waals surface area contributed by atoms with E-state index in [1.807, 2.05) is 6.92 Å². The highest BCUT2D eigenvalue weighted by molar-refractivity contribution is 4.82. The largest absolute Gasteiger partial charge is 0.396 e. The lowest BCUT2D eigenvalue weighted by atomic mass is 9.87. The molecule has 96 valence electrons. The summed E-state index contributed by atoms with van der Waals surface area (Å²) in [5, 5.41) is 18.5. The van der Waals surface area contributed by atoms with E-state index in [-0.39, 0.29) is 30.8 Å². The van der Waals surface area contributed by atoms with E-state index in [0.717, 1.165) is 26.1 Å². The molecule has 1 aliphatic heterocycles. The summed E-state index contributed by atoms with van der Waals surface area (Å²) in [5.74, 6) is 0. The fourth-order valence-electron chi connectivity index (χ4n) is 2.18. The molecular weight excluding hydrogens is 206 g/mol. The molecule has 0 amide bonds. The van der Waals surface area contributed by atoms with E-state index in [9.17, 15) is 5.11 Å². The third kappa shape index (κ3) is 3.70. The molecule has 4 nitrogen and oxygen atoms in total. The van der Waals surface area contributed by atoms with Gasteiger partial charge in [-0.1, -0.05) is 13.8 Å². The van der Waals surface area contributed by atoms with Crippen molar-refractivity contribution in [1.29, 1.82) is 0 Å². The van der Waals surface area contributed by atoms with Crippen LogP contribution in [0.25, 0.3) is 0 Å². The number of hydrogen-bond donors (Lipinski definition) is 2. The van der Waals surface area contributed by atoms with Crippen LogP contribution in [0.2, 0.25) is 0 Å². The number of morpholine rings is 1. The molecule has 0 spiro atoms. The molecule has 0 bridgehead atoms. The van der Waals surface area contributed by atoms with Crippen LogP contribution in [0.3, 0.4) is 0 Å². The lowest BCUT2D eigenvalue weighted by molar-refractivity contribution is -0.104. The molecule has 4 heteroatoms. The summed E-state index contributed by atoms with van der Waals surface area (Å²) in [4.78, 5) is 2.29. The van der Waals surface area contributed by atoms with Gasteiger partial charge < -0.3 is 14.9 Å². The maximum atomic E-state index is 9.40. The molecule has 3 atom stereocenters. The van der Waals surface area contributed by atoms with Gasteiger partial charge >= 0.3 is 0 Å². The van der Waals surface area contributed by atoms with Crippen molar-refractivity contribution in [3.8, 4) is 0 Å². The van der Waals surface area contributed by atoms with Crippen molar-refractivity contribution in [1.82, 2.24) is 4.90 Å². The van der Waals surface area contributed by atoms with Crippen LogP contribution in [0.15, 0.2) is 0 Å². The molecule has 3 unspecified atom stereocenters. The molecule has 0 aromatic rings. The molecule has 0 aliphatic carbocycles. The minimum atomic E-state index is -0.0800. The van der Waals surface area contributed by atoms with E-state index in [1.54, 1.807) is 0 Å². The summed E-state index contributed by atoms with van der Waals surface area (Å²) >= 11 is 0. The fourth-order valence-corrected chi connectivity index (χ4v) is 2.18. The molecule has 1 fully saturated rings. The molecule has 0 aromatic carbocycles. The van der Waals surface area contributed by atoms with Gasteiger partial charge in [-0.05, 0) is 13.3 Å². The van der Waals surface area contributed by atoms with E-state index in [4.69, 9.17) is 9.84 Å². The Balaban J connectivity index is 2.52. The zero-order chi connectivity index (χ0) is 12.2. The van der Waals surface area contributed by atoms with Crippen LogP contribution in [0, 0.1) is 5.41 Å². The lowest BCUT2D eigenvalue weighted by Crippen LogP contribution is -2.51. The number of nitrogens with zero attached hydrogens (tertiary/aromatic N) is 1. The fraction of sp³-hybridized carbons (Fsp3) is 1.00. The third-order valence-corrected chi connectivity index (χ3v) is 3.45. The van der Waals surface area contributed by atoms with Crippen molar-refractivity contribution in [2.75, 3.05) is 32.8 Å². The Hall–Kier alpha value is -0.160. The van der Waals surface area contributed by atoms with Crippen molar-refractivity contribution in [3.63, 3.8) is 0 Å². The lowest BCUT2D eigenvalue weighted by Gasteiger charge is -2.40. The van der Waals surface area contributed by atoms with Crippen LogP contribution in [0.5, 0.6) is 0 Å². The van der Waals surface area contributed by atoms with Crippen molar-refractivity contribution in [3.05, 3.63) is 0 Å². The van der Waals surface area contributed by atoms with Gasteiger partial charge in [0.15, 0.2) is 0 Å². The van der Waals surface area contributed by atoms with Crippen LogP contribution in [0.4, 0.5) is 0 Å². The second kappa shape index (κ2) is 5.96. The average molecular weight is 231 g/mol. The number of rotatable bonds is 5. The smallest absolute Gasteiger partial charge is 0.0936 e. The van der Waals surface area contributed by atoms with Crippen LogP contribution in [-0.4, -0.2) is 60.2 Å². The molecule has 1 aliphatic rings. The van der Waals surface area contributed by atoms with E-state index in [0.29, 0.717) is 0 Å². The summed E-state index contributed by atoms with van der Waals surface area (Å²) in [5.41, 5.74) is -0.0446. The Morgan fingerprint density at radius 1 is 1.38 bits per heavy atom. The van der Waals surface area contributed by atoms with Gasteiger partial charge in [-0.2, -0.15) is 0 Å². The van der Waals surface area contributed by atoms with E-state index in [1.165, 1.54) is 0 Å². The van der Waals surface area contributed by atoms with Gasteiger partial charge in [-0.3, -0.25) is 4.90 Å². The highest BCUT2D eigenvalue weighted by atomic mass is 16.5. The topological polar surface area (TPSA) is 52.9 Å². The zero-order valence-corrected chi connectivity index (χ0v) is 10.6. The van der Waals surface area contributed by atoms with E-state index < -0.39 is 0 Å². The summed E-state index contributed by atoms with van der Waals surface area (Å²) in [6.45, 7) is 9.01. The Labute approximate surface area is 98.2 Å². The Morgan fingerprint density at radius 2 is 2.06 bits per heavy atom. The maximum absolute atomic E-state index is 9.40. The highest BCUT2D eigenvalue weighted by Crippen LogP contribution is 2.23. The Kier molecular flexibility index (Phi) is 5.18. The van der Waals surface area contributed by atoms with Gasteiger partial charge in [0.1, 0.15) is 0 Å². The van der Waals surface area contributed by atoms with Crippen LogP contribution >= 0.6 is 0 Å². The summed E-state index contributed by atoms with van der Waals surface area (Å²) in [7, 11) is 0. The molecule has 16 heavy (non-hydrogen) atoms. The van der Waals surface area contributed by atoms with E-state index in [2.05, 4.69) is 18.7 Å². The predicted molar refractivity (Wildman–Crippen MR) is 63.3 cm³/mol. The van der Waals surface area contributed by atoms with Gasteiger partial charge in [0, 0.05) is 31.7 Å². The summed E-state index contributed by atoms with van der Waals surface area (Å²) in [6, 6.07) is 0. The number of aliphatic hydroxyl groups is 2. The first kappa shape index (κ1) is 13.9. The maximum Gasteiger partial charge on any atom is 0.0936 e. The second-order valence-corrected chi connectivity index (χ2v) is 5.27. The average Bonchev–Trinajstić information content (AvgIpc) is 2.28. The van der Waals surface area contributed by atoms with Crippen molar-refractivity contribution >= 4 is 0 Å². The number of hydrogen-bond acceptors (Lipinski definition) is 4. The number of ether oxygens (including phenoxy) is 1. The molecule has 0 radical (unpaired) electrons. The molecule has 1 rings (SSSR count). The first-order chi connectivity index (χ1) is 7.53. The standard InChI is InChI=1S/C12H25NO3/c1-4-12(3,9-15)8-13-5-10(2)16-11(6-13)7-14/h10-11,14-15H,4-9H2,1-3H3. The monoisotopic (exact) mass is 231 g/mol. The second-order valence-electron chi connectivity index (χ2n) is 5.27. The Morgan fingerprint density at radius 3 is 2.56 bits per heavy atom. The zero-order valence-electron chi connectivity index (χ0n) is 10.6. The van der Waals surface area contributed by atoms with Crippen LogP contribution in [0.1, 0.15) is 27.2 Å². The van der Waals surface area contributed by atoms with Crippen molar-refractivity contribution < 1.29 is 14.9 Å². The van der Waals surface area contributed by atoms with Gasteiger partial charge in [0.05, 0.1) is 18.8 Å². The van der Waals surface area contributed by atoms with E-state index >= 15 is 0 Å². The van der Waals surface area contributed by atoms with Crippen LogP contribution < -0.4 is 0 Å². The molecule has 1 heterocycles. The minimum Gasteiger partial charge on any atom is -0.396 e. The SMILES string of the molecule is CCC(C)(CO)CN1CC(C)OC(CO)C1. The normalized spacial score (nSPS) is 31.3. The van der Waals surface area contributed by atoms with Gasteiger partial charge in [-0.25, -0.2) is 0 Å². The highest BCUT2D eigenvalue weighted by Gasteiger charge is 2.30. The predicted octanol–water partition coefficient (Wildman–Crippen LogP) is 0.477. The summed E-state index contributed by atoms with van der Waals surface area (Å²) < 4.78 is 5.59. The first-order valence-electron chi connectivity index (χ1n) is 6.12. The number of aliphatic hydroxyl groups excluding tert-OH is 2. The summed E-state index contributed by atoms with van der Waals surface area (Å²) in [6.07, 6.45) is 1.04. The molecular formula is C12H25NO3. The molecule has 0 aromatic heterocycles. The van der Waals surface area contributed by atoms with Crippen molar-refractivity contribution in [2.24, 2.45) is 5.41 Å². The minimum absolute atomic E-state index is 0.0446. The molecule has 2 N–H and O–H groups in total.